The van der Waals surface area contributed by atoms with Crippen molar-refractivity contribution in [2.45, 2.75) is 44.2 Å². The van der Waals surface area contributed by atoms with Gasteiger partial charge in [-0.25, -0.2) is 0 Å². The molecule has 1 N–H and O–H groups in total. The maximum Gasteiger partial charge on any atom is 0.0807 e. The molecule has 4 nitrogen and oxygen atoms in total. The Hall–Kier alpha value is -0.870. The van der Waals surface area contributed by atoms with Crippen LogP contribution in [0.4, 0.5) is 0 Å². The zero-order valence-corrected chi connectivity index (χ0v) is 11.1. The van der Waals surface area contributed by atoms with Crippen LogP contribution in [0.25, 0.3) is 0 Å². The summed E-state index contributed by atoms with van der Waals surface area (Å²) >= 11 is 0. The number of nitrogens with one attached hydrogen (secondary N) is 1. The van der Waals surface area contributed by atoms with Gasteiger partial charge >= 0.3 is 0 Å². The Kier molecular flexibility index (Phi) is 3.84. The van der Waals surface area contributed by atoms with Crippen LogP contribution in [0.15, 0.2) is 12.4 Å². The molecule has 0 aromatic carbocycles. The van der Waals surface area contributed by atoms with Gasteiger partial charge in [0.2, 0.25) is 0 Å². The molecule has 17 heavy (non-hydrogen) atoms. The van der Waals surface area contributed by atoms with Crippen molar-refractivity contribution in [1.82, 2.24) is 15.1 Å². The summed E-state index contributed by atoms with van der Waals surface area (Å²) in [6.45, 7) is 3.13. The monoisotopic (exact) mass is 237 g/mol. The molecule has 2 atom stereocenters. The SMILES string of the molecule is CNC(CCc1cnn(C)c1)C1(C)CCCO1. The van der Waals surface area contributed by atoms with E-state index in [1.165, 1.54) is 12.0 Å². The van der Waals surface area contributed by atoms with Gasteiger partial charge in [0.1, 0.15) is 0 Å². The van der Waals surface area contributed by atoms with Gasteiger partial charge in [-0.2, -0.15) is 5.10 Å². The largest absolute Gasteiger partial charge is 0.374 e. The van der Waals surface area contributed by atoms with Crippen molar-refractivity contribution in [2.75, 3.05) is 13.7 Å². The van der Waals surface area contributed by atoms with E-state index >= 15 is 0 Å². The lowest BCUT2D eigenvalue weighted by atomic mass is 9.89. The van der Waals surface area contributed by atoms with E-state index in [0.717, 1.165) is 25.9 Å². The minimum absolute atomic E-state index is 0.0109. The van der Waals surface area contributed by atoms with Crippen LogP contribution in [0.3, 0.4) is 0 Å². The van der Waals surface area contributed by atoms with Crippen molar-refractivity contribution in [2.24, 2.45) is 7.05 Å². The maximum absolute atomic E-state index is 5.90. The molecule has 2 unspecified atom stereocenters. The molecule has 4 heteroatoms. The van der Waals surface area contributed by atoms with Crippen molar-refractivity contribution >= 4 is 0 Å². The maximum atomic E-state index is 5.90. The first-order valence-corrected chi connectivity index (χ1v) is 6.43. The highest BCUT2D eigenvalue weighted by molar-refractivity contribution is 5.05. The molecular formula is C13H23N3O. The fraction of sp³-hybridized carbons (Fsp3) is 0.769. The predicted molar refractivity (Wildman–Crippen MR) is 68.0 cm³/mol. The summed E-state index contributed by atoms with van der Waals surface area (Å²) in [5.74, 6) is 0. The van der Waals surface area contributed by atoms with Crippen LogP contribution < -0.4 is 5.32 Å². The first-order valence-electron chi connectivity index (χ1n) is 6.43. The number of ether oxygens (including phenoxy) is 1. The van der Waals surface area contributed by atoms with Gasteiger partial charge in [-0.05, 0) is 45.2 Å². The van der Waals surface area contributed by atoms with E-state index in [4.69, 9.17) is 4.74 Å². The average Bonchev–Trinajstić information content (AvgIpc) is 2.89. The molecule has 0 spiro atoms. The Balaban J connectivity index is 1.91. The van der Waals surface area contributed by atoms with Crippen LogP contribution >= 0.6 is 0 Å². The number of nitrogens with zero attached hydrogens (tertiary/aromatic N) is 2. The number of aryl methyl sites for hydroxylation is 2. The molecule has 2 rings (SSSR count). The topological polar surface area (TPSA) is 39.1 Å². The smallest absolute Gasteiger partial charge is 0.0807 e. The molecular weight excluding hydrogens is 214 g/mol. The first kappa shape index (κ1) is 12.6. The van der Waals surface area contributed by atoms with Crippen molar-refractivity contribution < 1.29 is 4.74 Å². The van der Waals surface area contributed by atoms with Crippen molar-refractivity contribution in [1.29, 1.82) is 0 Å². The van der Waals surface area contributed by atoms with Crippen LogP contribution in [0.1, 0.15) is 31.7 Å². The van der Waals surface area contributed by atoms with Gasteiger partial charge in [-0.1, -0.05) is 0 Å². The van der Waals surface area contributed by atoms with Gasteiger partial charge < -0.3 is 10.1 Å². The van der Waals surface area contributed by atoms with Crippen LogP contribution in [0.5, 0.6) is 0 Å². The van der Waals surface area contributed by atoms with Crippen molar-refractivity contribution in [3.63, 3.8) is 0 Å². The summed E-state index contributed by atoms with van der Waals surface area (Å²) in [7, 11) is 3.99. The normalized spacial score (nSPS) is 26.3. The molecule has 1 aromatic heterocycles. The number of hydrogen-bond donors (Lipinski definition) is 1. The Labute approximate surface area is 103 Å². The number of likely N-dealkylation sites (N-methyl/N-ethyl adjacent to an activating group) is 1. The van der Waals surface area contributed by atoms with Gasteiger partial charge in [0.25, 0.3) is 0 Å². The van der Waals surface area contributed by atoms with E-state index in [0.29, 0.717) is 6.04 Å². The third-order valence-electron chi connectivity index (χ3n) is 3.81. The zero-order chi connectivity index (χ0) is 12.3. The minimum Gasteiger partial charge on any atom is -0.374 e. The number of aromatic nitrogens is 2. The van der Waals surface area contributed by atoms with Crippen LogP contribution in [0, 0.1) is 0 Å². The van der Waals surface area contributed by atoms with Crippen molar-refractivity contribution in [3.05, 3.63) is 18.0 Å². The Bertz CT molecular complexity index is 355. The molecule has 0 saturated carbocycles. The summed E-state index contributed by atoms with van der Waals surface area (Å²) in [4.78, 5) is 0. The third-order valence-corrected chi connectivity index (χ3v) is 3.81. The molecule has 1 aliphatic heterocycles. The molecule has 1 fully saturated rings. The number of hydrogen-bond acceptors (Lipinski definition) is 3. The fourth-order valence-corrected chi connectivity index (χ4v) is 2.74. The molecule has 2 heterocycles. The second kappa shape index (κ2) is 5.19. The summed E-state index contributed by atoms with van der Waals surface area (Å²) in [6, 6.07) is 0.421. The molecule has 96 valence electrons. The van der Waals surface area contributed by atoms with E-state index in [2.05, 4.69) is 23.5 Å². The Morgan fingerprint density at radius 1 is 1.65 bits per heavy atom. The van der Waals surface area contributed by atoms with E-state index in [9.17, 15) is 0 Å². The lowest BCUT2D eigenvalue weighted by Gasteiger charge is -2.33. The Morgan fingerprint density at radius 3 is 3.00 bits per heavy atom. The van der Waals surface area contributed by atoms with Gasteiger partial charge in [-0.3, -0.25) is 4.68 Å². The molecule has 0 bridgehead atoms. The fourth-order valence-electron chi connectivity index (χ4n) is 2.74. The molecule has 1 aromatic rings. The molecule has 0 radical (unpaired) electrons. The van der Waals surface area contributed by atoms with Gasteiger partial charge in [-0.15, -0.1) is 0 Å². The quantitative estimate of drug-likeness (QED) is 0.843. The van der Waals surface area contributed by atoms with Gasteiger partial charge in [0.05, 0.1) is 11.8 Å². The van der Waals surface area contributed by atoms with Gasteiger partial charge in [0, 0.05) is 25.9 Å². The minimum atomic E-state index is 0.0109. The Morgan fingerprint density at radius 2 is 2.47 bits per heavy atom. The second-order valence-corrected chi connectivity index (χ2v) is 5.17. The molecule has 0 amide bonds. The summed E-state index contributed by atoms with van der Waals surface area (Å²) in [6.07, 6.45) is 8.53. The standard InChI is InChI=1S/C13H23N3O/c1-13(7-4-8-17-13)12(14-2)6-5-11-9-15-16(3)10-11/h9-10,12,14H,4-8H2,1-3H3. The predicted octanol–water partition coefficient (Wildman–Crippen LogP) is 1.51. The highest BCUT2D eigenvalue weighted by Gasteiger charge is 2.37. The van der Waals surface area contributed by atoms with Crippen molar-refractivity contribution in [3.8, 4) is 0 Å². The average molecular weight is 237 g/mol. The van der Waals surface area contributed by atoms with E-state index in [-0.39, 0.29) is 5.60 Å². The van der Waals surface area contributed by atoms with E-state index in [1.54, 1.807) is 0 Å². The van der Waals surface area contributed by atoms with E-state index < -0.39 is 0 Å². The van der Waals surface area contributed by atoms with Crippen LogP contribution in [-0.2, 0) is 18.2 Å². The van der Waals surface area contributed by atoms with E-state index in [1.807, 2.05) is 25.0 Å². The second-order valence-electron chi connectivity index (χ2n) is 5.17. The lowest BCUT2D eigenvalue weighted by Crippen LogP contribution is -2.47. The summed E-state index contributed by atoms with van der Waals surface area (Å²) < 4.78 is 7.76. The van der Waals surface area contributed by atoms with Crippen LogP contribution in [-0.4, -0.2) is 35.1 Å². The van der Waals surface area contributed by atoms with Gasteiger partial charge in [0.15, 0.2) is 0 Å². The molecule has 1 saturated heterocycles. The third kappa shape index (κ3) is 2.87. The highest BCUT2D eigenvalue weighted by Crippen LogP contribution is 2.30. The summed E-state index contributed by atoms with van der Waals surface area (Å²) in [5.41, 5.74) is 1.31. The number of rotatable bonds is 5. The van der Waals surface area contributed by atoms with Crippen LogP contribution in [0.2, 0.25) is 0 Å². The zero-order valence-electron chi connectivity index (χ0n) is 11.1. The summed E-state index contributed by atoms with van der Waals surface area (Å²) in [5, 5.41) is 7.61. The molecule has 1 aliphatic rings. The molecule has 0 aliphatic carbocycles. The highest BCUT2D eigenvalue weighted by atomic mass is 16.5. The first-order chi connectivity index (χ1) is 8.14. The lowest BCUT2D eigenvalue weighted by molar-refractivity contribution is -0.0117.